The van der Waals surface area contributed by atoms with Crippen LogP contribution in [0.25, 0.3) is 0 Å². The van der Waals surface area contributed by atoms with E-state index in [1.165, 1.54) is 0 Å². The number of morpholine rings is 1. The zero-order chi connectivity index (χ0) is 18.6. The van der Waals surface area contributed by atoms with Crippen molar-refractivity contribution in [1.82, 2.24) is 15.8 Å². The van der Waals surface area contributed by atoms with Gasteiger partial charge < -0.3 is 15.0 Å². The number of halogens is 1. The van der Waals surface area contributed by atoms with Gasteiger partial charge in [-0.25, -0.2) is 10.4 Å². The monoisotopic (exact) mass is 387 g/mol. The molecule has 2 aliphatic heterocycles. The van der Waals surface area contributed by atoms with E-state index in [2.05, 4.69) is 26.1 Å². The molecule has 1 aromatic carbocycles. The Hall–Kier alpha value is -2.19. The molecule has 3 heterocycles. The average Bonchev–Trinajstić information content (AvgIpc) is 3.20. The molecular formula is C19H22ClN5O2. The number of benzene rings is 1. The average molecular weight is 388 g/mol. The number of rotatable bonds is 4. The van der Waals surface area contributed by atoms with Crippen molar-refractivity contribution in [2.45, 2.75) is 6.04 Å². The summed E-state index contributed by atoms with van der Waals surface area (Å²) in [5.74, 6) is 0.240. The molecule has 0 aliphatic carbocycles. The van der Waals surface area contributed by atoms with Gasteiger partial charge in [0.1, 0.15) is 5.82 Å². The third-order valence-electron chi connectivity index (χ3n) is 4.92. The fourth-order valence-corrected chi connectivity index (χ4v) is 3.54. The van der Waals surface area contributed by atoms with E-state index in [9.17, 15) is 4.79 Å². The largest absolute Gasteiger partial charge is 0.378 e. The Morgan fingerprint density at radius 1 is 1.19 bits per heavy atom. The number of carbonyl (C=O) groups excluding carboxylic acids is 1. The van der Waals surface area contributed by atoms with E-state index in [1.54, 1.807) is 6.20 Å². The SMILES string of the molecule is O=C(Nc1ccc(N2CCOCC2)cn1)C1CNNC1c1ccc(Cl)cc1. The second kappa shape index (κ2) is 8.22. The molecule has 1 aromatic heterocycles. The lowest BCUT2D eigenvalue weighted by molar-refractivity contribution is -0.119. The van der Waals surface area contributed by atoms with Crippen LogP contribution < -0.4 is 21.1 Å². The molecule has 27 heavy (non-hydrogen) atoms. The highest BCUT2D eigenvalue weighted by molar-refractivity contribution is 6.30. The van der Waals surface area contributed by atoms with Crippen LogP contribution in [0.4, 0.5) is 11.5 Å². The molecule has 142 valence electrons. The van der Waals surface area contributed by atoms with Crippen molar-refractivity contribution in [3.05, 3.63) is 53.2 Å². The molecular weight excluding hydrogens is 366 g/mol. The number of pyridine rings is 1. The summed E-state index contributed by atoms with van der Waals surface area (Å²) in [4.78, 5) is 19.4. The molecule has 2 aromatic rings. The Morgan fingerprint density at radius 2 is 1.96 bits per heavy atom. The fourth-order valence-electron chi connectivity index (χ4n) is 3.41. The first-order valence-electron chi connectivity index (χ1n) is 9.04. The summed E-state index contributed by atoms with van der Waals surface area (Å²) in [5.41, 5.74) is 8.30. The maximum atomic E-state index is 12.8. The summed E-state index contributed by atoms with van der Waals surface area (Å²) in [7, 11) is 0. The quantitative estimate of drug-likeness (QED) is 0.744. The Kier molecular flexibility index (Phi) is 5.54. The Bertz CT molecular complexity index is 778. The number of ether oxygens (including phenoxy) is 1. The number of carbonyl (C=O) groups is 1. The first-order valence-corrected chi connectivity index (χ1v) is 9.42. The molecule has 2 fully saturated rings. The smallest absolute Gasteiger partial charge is 0.231 e. The summed E-state index contributed by atoms with van der Waals surface area (Å²) in [6, 6.07) is 11.2. The van der Waals surface area contributed by atoms with Crippen molar-refractivity contribution in [3.63, 3.8) is 0 Å². The summed E-state index contributed by atoms with van der Waals surface area (Å²) in [5, 5.41) is 3.60. The number of hydrogen-bond acceptors (Lipinski definition) is 6. The number of aromatic nitrogens is 1. The van der Waals surface area contributed by atoms with Crippen LogP contribution in [0, 0.1) is 5.92 Å². The van der Waals surface area contributed by atoms with Crippen LogP contribution in [-0.4, -0.2) is 43.7 Å². The van der Waals surface area contributed by atoms with E-state index in [0.717, 1.165) is 37.6 Å². The fraction of sp³-hybridized carbons (Fsp3) is 0.368. The van der Waals surface area contributed by atoms with E-state index < -0.39 is 0 Å². The number of hydrogen-bond donors (Lipinski definition) is 3. The molecule has 0 saturated carbocycles. The summed E-state index contributed by atoms with van der Waals surface area (Å²) < 4.78 is 5.37. The molecule has 8 heteroatoms. The van der Waals surface area contributed by atoms with E-state index in [4.69, 9.17) is 16.3 Å². The van der Waals surface area contributed by atoms with Crippen LogP contribution in [0.2, 0.25) is 5.02 Å². The molecule has 2 atom stereocenters. The third-order valence-corrected chi connectivity index (χ3v) is 5.18. The zero-order valence-corrected chi connectivity index (χ0v) is 15.6. The van der Waals surface area contributed by atoms with Gasteiger partial charge in [-0.05, 0) is 29.8 Å². The van der Waals surface area contributed by atoms with Gasteiger partial charge in [0.2, 0.25) is 5.91 Å². The maximum absolute atomic E-state index is 12.8. The number of hydrazine groups is 1. The van der Waals surface area contributed by atoms with Crippen molar-refractivity contribution in [2.24, 2.45) is 5.92 Å². The summed E-state index contributed by atoms with van der Waals surface area (Å²) in [6.07, 6.45) is 1.79. The number of nitrogens with zero attached hydrogens (tertiary/aromatic N) is 2. The van der Waals surface area contributed by atoms with E-state index >= 15 is 0 Å². The van der Waals surface area contributed by atoms with Crippen molar-refractivity contribution in [3.8, 4) is 0 Å². The van der Waals surface area contributed by atoms with Crippen molar-refractivity contribution in [1.29, 1.82) is 0 Å². The van der Waals surface area contributed by atoms with Gasteiger partial charge in [0, 0.05) is 24.7 Å². The lowest BCUT2D eigenvalue weighted by atomic mass is 9.94. The highest BCUT2D eigenvalue weighted by Crippen LogP contribution is 2.27. The highest BCUT2D eigenvalue weighted by Gasteiger charge is 2.34. The van der Waals surface area contributed by atoms with E-state index in [1.807, 2.05) is 36.4 Å². The van der Waals surface area contributed by atoms with E-state index in [0.29, 0.717) is 17.4 Å². The summed E-state index contributed by atoms with van der Waals surface area (Å²) in [6.45, 7) is 3.72. The standard InChI is InChI=1S/C19H22ClN5O2/c20-14-3-1-13(2-4-14)18-16(12-22-24-18)19(26)23-17-6-5-15(11-21-17)25-7-9-27-10-8-25/h1-6,11,16,18,22,24H,7-10,12H2,(H,21,23,26). The molecule has 4 rings (SSSR count). The molecule has 7 nitrogen and oxygen atoms in total. The minimum absolute atomic E-state index is 0.0703. The molecule has 2 aliphatic rings. The van der Waals surface area contributed by atoms with Gasteiger partial charge in [0.15, 0.2) is 0 Å². The molecule has 0 bridgehead atoms. The summed E-state index contributed by atoms with van der Waals surface area (Å²) >= 11 is 5.96. The van der Waals surface area contributed by atoms with Crippen LogP contribution in [0.15, 0.2) is 42.6 Å². The van der Waals surface area contributed by atoms with Gasteiger partial charge in [-0.1, -0.05) is 23.7 Å². The van der Waals surface area contributed by atoms with Crippen molar-refractivity contribution < 1.29 is 9.53 Å². The Balaban J connectivity index is 1.41. The van der Waals surface area contributed by atoms with Crippen LogP contribution in [0.5, 0.6) is 0 Å². The zero-order valence-electron chi connectivity index (χ0n) is 14.8. The van der Waals surface area contributed by atoms with Crippen molar-refractivity contribution in [2.75, 3.05) is 43.1 Å². The van der Waals surface area contributed by atoms with Gasteiger partial charge in [-0.3, -0.25) is 10.2 Å². The van der Waals surface area contributed by atoms with Gasteiger partial charge >= 0.3 is 0 Å². The van der Waals surface area contributed by atoms with Gasteiger partial charge in [-0.15, -0.1) is 0 Å². The van der Waals surface area contributed by atoms with Crippen LogP contribution >= 0.6 is 11.6 Å². The second-order valence-corrected chi connectivity index (χ2v) is 7.09. The van der Waals surface area contributed by atoms with Gasteiger partial charge in [0.05, 0.1) is 37.1 Å². The van der Waals surface area contributed by atoms with Crippen LogP contribution in [0.1, 0.15) is 11.6 Å². The van der Waals surface area contributed by atoms with Crippen LogP contribution in [0.3, 0.4) is 0 Å². The minimum atomic E-state index is -0.244. The number of nitrogens with one attached hydrogen (secondary N) is 3. The lowest BCUT2D eigenvalue weighted by Gasteiger charge is -2.28. The van der Waals surface area contributed by atoms with E-state index in [-0.39, 0.29) is 17.9 Å². The molecule has 0 radical (unpaired) electrons. The first-order chi connectivity index (χ1) is 13.2. The predicted molar refractivity (Wildman–Crippen MR) is 105 cm³/mol. The predicted octanol–water partition coefficient (Wildman–Crippen LogP) is 1.98. The number of anilines is 2. The lowest BCUT2D eigenvalue weighted by Crippen LogP contribution is -2.36. The normalized spacial score (nSPS) is 22.6. The van der Waals surface area contributed by atoms with Gasteiger partial charge in [-0.2, -0.15) is 0 Å². The topological polar surface area (TPSA) is 78.5 Å². The Morgan fingerprint density at radius 3 is 2.67 bits per heavy atom. The highest BCUT2D eigenvalue weighted by atomic mass is 35.5. The second-order valence-electron chi connectivity index (χ2n) is 6.65. The maximum Gasteiger partial charge on any atom is 0.231 e. The van der Waals surface area contributed by atoms with Gasteiger partial charge in [0.25, 0.3) is 0 Å². The van der Waals surface area contributed by atoms with Crippen LogP contribution in [-0.2, 0) is 9.53 Å². The molecule has 0 spiro atoms. The molecule has 2 unspecified atom stereocenters. The minimum Gasteiger partial charge on any atom is -0.378 e. The first kappa shape index (κ1) is 18.2. The molecule has 2 saturated heterocycles. The molecule has 1 amide bonds. The number of amides is 1. The van der Waals surface area contributed by atoms with Crippen molar-refractivity contribution >= 4 is 29.0 Å². The third kappa shape index (κ3) is 4.22. The molecule has 3 N–H and O–H groups in total. The Labute approximate surface area is 163 Å².